The Hall–Kier alpha value is -0.800. The maximum atomic E-state index is 13.4. The number of halogens is 1. The monoisotopic (exact) mass is 186 g/mol. The van der Waals surface area contributed by atoms with Crippen LogP contribution in [0.5, 0.6) is 0 Å². The largest absolute Gasteiger partial charge is 0.335 e. The van der Waals surface area contributed by atoms with Crippen LogP contribution in [0.1, 0.15) is 32.1 Å². The number of urea groups is 1. The Kier molecular flexibility index (Phi) is 2.14. The third kappa shape index (κ3) is 2.32. The van der Waals surface area contributed by atoms with E-state index in [1.165, 1.54) is 0 Å². The van der Waals surface area contributed by atoms with Crippen LogP contribution < -0.4 is 10.6 Å². The smallest absolute Gasteiger partial charge is 0.315 e. The Morgan fingerprint density at radius 3 is 2.62 bits per heavy atom. The Labute approximate surface area is 77.1 Å². The molecule has 0 radical (unpaired) electrons. The van der Waals surface area contributed by atoms with Crippen molar-refractivity contribution in [2.75, 3.05) is 6.54 Å². The molecule has 2 saturated carbocycles. The van der Waals surface area contributed by atoms with E-state index < -0.39 is 5.67 Å². The van der Waals surface area contributed by atoms with Crippen LogP contribution in [0.3, 0.4) is 0 Å². The summed E-state index contributed by atoms with van der Waals surface area (Å²) in [5.74, 6) is 0. The molecule has 0 aliphatic heterocycles. The van der Waals surface area contributed by atoms with Crippen molar-refractivity contribution < 1.29 is 9.18 Å². The van der Waals surface area contributed by atoms with E-state index in [0.29, 0.717) is 18.9 Å². The fourth-order valence-corrected chi connectivity index (χ4v) is 1.44. The predicted octanol–water partition coefficient (Wildman–Crippen LogP) is 1.34. The number of alkyl halides is 1. The van der Waals surface area contributed by atoms with Crippen LogP contribution in [-0.4, -0.2) is 24.3 Å². The molecule has 0 heterocycles. The van der Waals surface area contributed by atoms with Gasteiger partial charge in [-0.3, -0.25) is 0 Å². The average molecular weight is 186 g/mol. The summed E-state index contributed by atoms with van der Waals surface area (Å²) in [4.78, 5) is 11.1. The lowest BCUT2D eigenvalue weighted by Gasteiger charge is -2.33. The average Bonchev–Trinajstić information content (AvgIpc) is 2.81. The Morgan fingerprint density at radius 1 is 1.46 bits per heavy atom. The molecule has 74 valence electrons. The lowest BCUT2D eigenvalue weighted by molar-refractivity contribution is 0.0658. The number of nitrogens with one attached hydrogen (secondary N) is 2. The summed E-state index contributed by atoms with van der Waals surface area (Å²) in [5.41, 5.74) is -1.11. The molecule has 0 saturated heterocycles. The summed E-state index contributed by atoms with van der Waals surface area (Å²) in [7, 11) is 0. The van der Waals surface area contributed by atoms with E-state index in [1.54, 1.807) is 0 Å². The molecule has 0 aromatic rings. The zero-order valence-corrected chi connectivity index (χ0v) is 7.61. The molecular weight excluding hydrogens is 171 g/mol. The lowest BCUT2D eigenvalue weighted by Crippen LogP contribution is -2.47. The van der Waals surface area contributed by atoms with Crippen LogP contribution in [0.25, 0.3) is 0 Å². The van der Waals surface area contributed by atoms with Gasteiger partial charge in [0.2, 0.25) is 0 Å². The standard InChI is InChI=1S/C9H15FN2O/c10-9(4-1-5-9)6-11-8(13)12-7-2-3-7/h7H,1-6H2,(H2,11,12,13). The van der Waals surface area contributed by atoms with Gasteiger partial charge in [0.1, 0.15) is 5.67 Å². The molecule has 0 bridgehead atoms. The Bertz CT molecular complexity index is 212. The van der Waals surface area contributed by atoms with Gasteiger partial charge in [-0.1, -0.05) is 0 Å². The SMILES string of the molecule is O=C(NCC1(F)CCC1)NC1CC1. The molecule has 0 unspecified atom stereocenters. The maximum absolute atomic E-state index is 13.4. The maximum Gasteiger partial charge on any atom is 0.315 e. The first-order chi connectivity index (χ1) is 6.18. The summed E-state index contributed by atoms with van der Waals surface area (Å²) in [5, 5.41) is 5.33. The van der Waals surface area contributed by atoms with E-state index >= 15 is 0 Å². The van der Waals surface area contributed by atoms with Crippen LogP contribution in [0, 0.1) is 0 Å². The molecule has 2 fully saturated rings. The topological polar surface area (TPSA) is 41.1 Å². The van der Waals surface area contributed by atoms with Gasteiger partial charge in [-0.2, -0.15) is 0 Å². The summed E-state index contributed by atoms with van der Waals surface area (Å²) in [6, 6.07) is 0.128. The minimum atomic E-state index is -1.11. The zero-order valence-electron chi connectivity index (χ0n) is 7.61. The van der Waals surface area contributed by atoms with Crippen molar-refractivity contribution >= 4 is 6.03 Å². The van der Waals surface area contributed by atoms with Gasteiger partial charge in [-0.15, -0.1) is 0 Å². The lowest BCUT2D eigenvalue weighted by atomic mass is 9.82. The van der Waals surface area contributed by atoms with E-state index in [9.17, 15) is 9.18 Å². The zero-order chi connectivity index (χ0) is 9.31. The van der Waals surface area contributed by atoms with Crippen molar-refractivity contribution in [1.29, 1.82) is 0 Å². The Balaban J connectivity index is 1.63. The first kappa shape index (κ1) is 8.78. The number of hydrogen-bond donors (Lipinski definition) is 2. The Morgan fingerprint density at radius 2 is 2.15 bits per heavy atom. The van der Waals surface area contributed by atoms with E-state index in [-0.39, 0.29) is 12.6 Å². The van der Waals surface area contributed by atoms with E-state index in [0.717, 1.165) is 19.3 Å². The minimum absolute atomic E-state index is 0.172. The van der Waals surface area contributed by atoms with Gasteiger partial charge in [0.25, 0.3) is 0 Å². The third-order valence-corrected chi connectivity index (χ3v) is 2.73. The molecule has 0 atom stereocenters. The van der Waals surface area contributed by atoms with Crippen molar-refractivity contribution in [3.05, 3.63) is 0 Å². The van der Waals surface area contributed by atoms with Crippen molar-refractivity contribution in [3.8, 4) is 0 Å². The number of amides is 2. The molecule has 2 N–H and O–H groups in total. The second-order valence-corrected chi connectivity index (χ2v) is 4.11. The highest BCUT2D eigenvalue weighted by atomic mass is 19.1. The van der Waals surface area contributed by atoms with Crippen molar-refractivity contribution in [1.82, 2.24) is 10.6 Å². The quantitative estimate of drug-likeness (QED) is 0.686. The van der Waals surface area contributed by atoms with Gasteiger partial charge in [0.05, 0.1) is 6.54 Å². The minimum Gasteiger partial charge on any atom is -0.335 e. The van der Waals surface area contributed by atoms with Gasteiger partial charge in [0.15, 0.2) is 0 Å². The molecule has 0 aromatic heterocycles. The van der Waals surface area contributed by atoms with Gasteiger partial charge in [-0.25, -0.2) is 9.18 Å². The van der Waals surface area contributed by atoms with Gasteiger partial charge < -0.3 is 10.6 Å². The molecule has 2 aliphatic rings. The van der Waals surface area contributed by atoms with E-state index in [4.69, 9.17) is 0 Å². The summed E-state index contributed by atoms with van der Waals surface area (Å²) in [6.07, 6.45) is 4.26. The highest BCUT2D eigenvalue weighted by Gasteiger charge is 2.37. The van der Waals surface area contributed by atoms with Crippen LogP contribution in [0.4, 0.5) is 9.18 Å². The van der Waals surface area contributed by atoms with E-state index in [1.807, 2.05) is 0 Å². The summed E-state index contributed by atoms with van der Waals surface area (Å²) >= 11 is 0. The molecule has 3 nitrogen and oxygen atoms in total. The second kappa shape index (κ2) is 3.16. The first-order valence-electron chi connectivity index (χ1n) is 4.91. The predicted molar refractivity (Wildman–Crippen MR) is 47.2 cm³/mol. The number of hydrogen-bond acceptors (Lipinski definition) is 1. The second-order valence-electron chi connectivity index (χ2n) is 4.11. The summed E-state index contributed by atoms with van der Waals surface area (Å²) < 4.78 is 13.4. The number of carbonyl (C=O) groups excluding carboxylic acids is 1. The van der Waals surface area contributed by atoms with Gasteiger partial charge in [-0.05, 0) is 32.1 Å². The van der Waals surface area contributed by atoms with Crippen LogP contribution in [0.2, 0.25) is 0 Å². The molecule has 2 aliphatic carbocycles. The molecule has 13 heavy (non-hydrogen) atoms. The number of rotatable bonds is 3. The molecule has 2 amide bonds. The van der Waals surface area contributed by atoms with Crippen molar-refractivity contribution in [2.24, 2.45) is 0 Å². The van der Waals surface area contributed by atoms with E-state index in [2.05, 4.69) is 10.6 Å². The number of carbonyl (C=O) groups is 1. The van der Waals surface area contributed by atoms with Crippen LogP contribution in [-0.2, 0) is 0 Å². The summed E-state index contributed by atoms with van der Waals surface area (Å²) in [6.45, 7) is 0.172. The highest BCUT2D eigenvalue weighted by Crippen LogP contribution is 2.34. The molecule has 0 aromatic carbocycles. The third-order valence-electron chi connectivity index (χ3n) is 2.73. The normalized spacial score (nSPS) is 24.7. The van der Waals surface area contributed by atoms with Crippen LogP contribution in [0.15, 0.2) is 0 Å². The van der Waals surface area contributed by atoms with Gasteiger partial charge in [0, 0.05) is 6.04 Å². The van der Waals surface area contributed by atoms with Gasteiger partial charge >= 0.3 is 6.03 Å². The van der Waals surface area contributed by atoms with Crippen LogP contribution >= 0.6 is 0 Å². The first-order valence-corrected chi connectivity index (χ1v) is 4.91. The molecular formula is C9H15FN2O. The molecule has 0 spiro atoms. The fraction of sp³-hybridized carbons (Fsp3) is 0.889. The molecule has 4 heteroatoms. The fourth-order valence-electron chi connectivity index (χ4n) is 1.44. The van der Waals surface area contributed by atoms with Crippen molar-refractivity contribution in [3.63, 3.8) is 0 Å². The molecule has 2 rings (SSSR count). The highest BCUT2D eigenvalue weighted by molar-refractivity contribution is 5.74. The van der Waals surface area contributed by atoms with Crippen molar-refractivity contribution in [2.45, 2.75) is 43.8 Å².